The SMILES string of the molecule is CC(O)CN(CCO)C(=O)c1ccccc1Br. The quantitative estimate of drug-likeness (QED) is 0.861. The maximum Gasteiger partial charge on any atom is 0.255 e. The van der Waals surface area contributed by atoms with E-state index >= 15 is 0 Å². The minimum atomic E-state index is -0.618. The Kier molecular flexibility index (Phi) is 5.61. The molecule has 4 nitrogen and oxygen atoms in total. The molecule has 0 aliphatic rings. The number of amides is 1. The normalized spacial score (nSPS) is 12.2. The van der Waals surface area contributed by atoms with Crippen molar-refractivity contribution in [2.45, 2.75) is 13.0 Å². The summed E-state index contributed by atoms with van der Waals surface area (Å²) in [5, 5.41) is 18.3. The summed E-state index contributed by atoms with van der Waals surface area (Å²) in [6, 6.07) is 7.09. The maximum absolute atomic E-state index is 12.2. The van der Waals surface area contributed by atoms with Gasteiger partial charge in [0.1, 0.15) is 0 Å². The molecule has 1 amide bonds. The fourth-order valence-corrected chi connectivity index (χ4v) is 1.97. The zero-order valence-electron chi connectivity index (χ0n) is 9.64. The maximum atomic E-state index is 12.2. The van der Waals surface area contributed by atoms with Gasteiger partial charge >= 0.3 is 0 Å². The smallest absolute Gasteiger partial charge is 0.255 e. The molecular weight excluding hydrogens is 286 g/mol. The molecule has 0 spiro atoms. The van der Waals surface area contributed by atoms with Crippen LogP contribution in [0.1, 0.15) is 17.3 Å². The van der Waals surface area contributed by atoms with Crippen molar-refractivity contribution in [1.29, 1.82) is 0 Å². The van der Waals surface area contributed by atoms with Crippen molar-refractivity contribution in [3.8, 4) is 0 Å². The number of rotatable bonds is 5. The third kappa shape index (κ3) is 4.11. The van der Waals surface area contributed by atoms with Crippen LogP contribution >= 0.6 is 15.9 Å². The Bertz CT molecular complexity index is 382. The number of hydrogen-bond acceptors (Lipinski definition) is 3. The van der Waals surface area contributed by atoms with E-state index in [1.807, 2.05) is 6.07 Å². The second-order valence-corrected chi connectivity index (χ2v) is 4.66. The Morgan fingerprint density at radius 3 is 2.65 bits per heavy atom. The van der Waals surface area contributed by atoms with Gasteiger partial charge < -0.3 is 15.1 Å². The molecule has 1 atom stereocenters. The van der Waals surface area contributed by atoms with Gasteiger partial charge in [0.05, 0.1) is 18.3 Å². The van der Waals surface area contributed by atoms with Crippen molar-refractivity contribution < 1.29 is 15.0 Å². The molecule has 1 aromatic carbocycles. The molecule has 0 aliphatic carbocycles. The number of carbonyl (C=O) groups excluding carboxylic acids is 1. The highest BCUT2D eigenvalue weighted by Gasteiger charge is 2.18. The molecule has 1 aromatic rings. The molecule has 5 heteroatoms. The highest BCUT2D eigenvalue weighted by Crippen LogP contribution is 2.17. The Morgan fingerprint density at radius 2 is 2.12 bits per heavy atom. The van der Waals surface area contributed by atoms with Crippen molar-refractivity contribution in [2.75, 3.05) is 19.7 Å². The number of aliphatic hydroxyl groups is 2. The van der Waals surface area contributed by atoms with Crippen LogP contribution in [-0.4, -0.2) is 46.8 Å². The number of aliphatic hydroxyl groups excluding tert-OH is 2. The molecule has 0 heterocycles. The van der Waals surface area contributed by atoms with Crippen LogP contribution in [0.4, 0.5) is 0 Å². The van der Waals surface area contributed by atoms with E-state index in [-0.39, 0.29) is 25.6 Å². The van der Waals surface area contributed by atoms with Crippen LogP contribution in [-0.2, 0) is 0 Å². The molecule has 0 saturated heterocycles. The van der Waals surface area contributed by atoms with Crippen LogP contribution in [0.3, 0.4) is 0 Å². The van der Waals surface area contributed by atoms with Crippen LogP contribution in [0, 0.1) is 0 Å². The first-order valence-electron chi connectivity index (χ1n) is 5.39. The summed E-state index contributed by atoms with van der Waals surface area (Å²) in [6.07, 6.45) is -0.618. The van der Waals surface area contributed by atoms with Gasteiger partial charge in [0, 0.05) is 17.6 Å². The van der Waals surface area contributed by atoms with Crippen molar-refractivity contribution >= 4 is 21.8 Å². The van der Waals surface area contributed by atoms with Gasteiger partial charge in [-0.25, -0.2) is 0 Å². The summed E-state index contributed by atoms with van der Waals surface area (Å²) in [6.45, 7) is 1.91. The molecule has 17 heavy (non-hydrogen) atoms. The third-order valence-corrected chi connectivity index (χ3v) is 2.94. The van der Waals surface area contributed by atoms with Gasteiger partial charge in [0.25, 0.3) is 5.91 Å². The van der Waals surface area contributed by atoms with Crippen molar-refractivity contribution in [2.24, 2.45) is 0 Å². The van der Waals surface area contributed by atoms with Gasteiger partial charge in [-0.05, 0) is 35.0 Å². The van der Waals surface area contributed by atoms with E-state index in [4.69, 9.17) is 5.11 Å². The molecule has 1 unspecified atom stereocenters. The van der Waals surface area contributed by atoms with E-state index in [0.717, 1.165) is 0 Å². The minimum Gasteiger partial charge on any atom is -0.395 e. The minimum absolute atomic E-state index is 0.122. The molecule has 0 fully saturated rings. The monoisotopic (exact) mass is 301 g/mol. The predicted molar refractivity (Wildman–Crippen MR) is 68.8 cm³/mol. The first-order chi connectivity index (χ1) is 8.06. The van der Waals surface area contributed by atoms with Crippen LogP contribution in [0.25, 0.3) is 0 Å². The number of hydrogen-bond donors (Lipinski definition) is 2. The molecule has 0 bridgehead atoms. The van der Waals surface area contributed by atoms with E-state index in [1.165, 1.54) is 4.90 Å². The van der Waals surface area contributed by atoms with Crippen molar-refractivity contribution in [3.63, 3.8) is 0 Å². The van der Waals surface area contributed by atoms with Crippen LogP contribution in [0.15, 0.2) is 28.7 Å². The standard InChI is InChI=1S/C12H16BrNO3/c1-9(16)8-14(6-7-15)12(17)10-4-2-3-5-11(10)13/h2-5,9,15-16H,6-8H2,1H3. The molecule has 1 rings (SSSR count). The average molecular weight is 302 g/mol. The largest absolute Gasteiger partial charge is 0.395 e. The lowest BCUT2D eigenvalue weighted by Crippen LogP contribution is -2.38. The molecule has 2 N–H and O–H groups in total. The lowest BCUT2D eigenvalue weighted by molar-refractivity contribution is 0.0604. The summed E-state index contributed by atoms with van der Waals surface area (Å²) >= 11 is 3.31. The lowest BCUT2D eigenvalue weighted by Gasteiger charge is -2.23. The number of nitrogens with zero attached hydrogens (tertiary/aromatic N) is 1. The Hall–Kier alpha value is -0.910. The summed E-state index contributed by atoms with van der Waals surface area (Å²) in [5.41, 5.74) is 0.529. The Labute approximate surface area is 109 Å². The van der Waals surface area contributed by atoms with Gasteiger partial charge in [0.15, 0.2) is 0 Å². The van der Waals surface area contributed by atoms with Crippen molar-refractivity contribution in [3.05, 3.63) is 34.3 Å². The van der Waals surface area contributed by atoms with Crippen LogP contribution in [0.2, 0.25) is 0 Å². The van der Waals surface area contributed by atoms with Gasteiger partial charge in [-0.3, -0.25) is 4.79 Å². The number of benzene rings is 1. The topological polar surface area (TPSA) is 60.8 Å². The van der Waals surface area contributed by atoms with E-state index < -0.39 is 6.10 Å². The van der Waals surface area contributed by atoms with Gasteiger partial charge in [-0.2, -0.15) is 0 Å². The molecule has 0 aliphatic heterocycles. The van der Waals surface area contributed by atoms with Crippen LogP contribution in [0.5, 0.6) is 0 Å². The highest BCUT2D eigenvalue weighted by molar-refractivity contribution is 9.10. The lowest BCUT2D eigenvalue weighted by atomic mass is 10.2. The molecule has 0 aromatic heterocycles. The second kappa shape index (κ2) is 6.74. The third-order valence-electron chi connectivity index (χ3n) is 2.25. The summed E-state index contributed by atoms with van der Waals surface area (Å²) in [7, 11) is 0. The number of halogens is 1. The second-order valence-electron chi connectivity index (χ2n) is 3.80. The van der Waals surface area contributed by atoms with Crippen LogP contribution < -0.4 is 0 Å². The van der Waals surface area contributed by atoms with E-state index in [1.54, 1.807) is 25.1 Å². The first kappa shape index (κ1) is 14.2. The highest BCUT2D eigenvalue weighted by atomic mass is 79.9. The van der Waals surface area contributed by atoms with Gasteiger partial charge in [0.2, 0.25) is 0 Å². The zero-order chi connectivity index (χ0) is 12.8. The van der Waals surface area contributed by atoms with Gasteiger partial charge in [-0.15, -0.1) is 0 Å². The summed E-state index contributed by atoms with van der Waals surface area (Å²) < 4.78 is 0.707. The molecule has 94 valence electrons. The average Bonchev–Trinajstić information content (AvgIpc) is 2.28. The molecular formula is C12H16BrNO3. The fraction of sp³-hybridized carbons (Fsp3) is 0.417. The Morgan fingerprint density at radius 1 is 1.47 bits per heavy atom. The predicted octanol–water partition coefficient (Wildman–Crippen LogP) is 1.26. The zero-order valence-corrected chi connectivity index (χ0v) is 11.2. The van der Waals surface area contributed by atoms with E-state index in [9.17, 15) is 9.90 Å². The first-order valence-corrected chi connectivity index (χ1v) is 6.18. The van der Waals surface area contributed by atoms with E-state index in [2.05, 4.69) is 15.9 Å². The van der Waals surface area contributed by atoms with E-state index in [0.29, 0.717) is 10.0 Å². The summed E-state index contributed by atoms with van der Waals surface area (Å²) in [5.74, 6) is -0.201. The van der Waals surface area contributed by atoms with Crippen molar-refractivity contribution in [1.82, 2.24) is 4.90 Å². The molecule has 0 radical (unpaired) electrons. The fourth-order valence-electron chi connectivity index (χ4n) is 1.52. The number of carbonyl (C=O) groups is 1. The molecule has 0 saturated carbocycles. The van der Waals surface area contributed by atoms with Gasteiger partial charge in [-0.1, -0.05) is 12.1 Å². The Balaban J connectivity index is 2.88. The summed E-state index contributed by atoms with van der Waals surface area (Å²) in [4.78, 5) is 13.6.